The highest BCUT2D eigenvalue weighted by Gasteiger charge is 2.11. The molecule has 100 valence electrons. The second-order valence-electron chi connectivity index (χ2n) is 4.75. The van der Waals surface area contributed by atoms with Gasteiger partial charge in [-0.2, -0.15) is 0 Å². The van der Waals surface area contributed by atoms with Gasteiger partial charge in [-0.1, -0.05) is 58.0 Å². The summed E-state index contributed by atoms with van der Waals surface area (Å²) in [5.41, 5.74) is 3.95. The molecule has 2 aromatic carbocycles. The minimum atomic E-state index is 0.609. The van der Waals surface area contributed by atoms with Gasteiger partial charge in [0.2, 0.25) is 0 Å². The van der Waals surface area contributed by atoms with E-state index in [4.69, 9.17) is 0 Å². The summed E-state index contributed by atoms with van der Waals surface area (Å²) in [4.78, 5) is 3.50. The number of benzene rings is 2. The van der Waals surface area contributed by atoms with Crippen molar-refractivity contribution in [1.82, 2.24) is 4.98 Å². The standard InChI is InChI=1S/C16H17N.C2H6/c1-3-11(2)12-8-6-10-15-16(12)13-7-4-5-9-14(13)17-15;1-2/h4-11,17H,3H2,1-2H3;1-2H3. The fourth-order valence-electron chi connectivity index (χ4n) is 2.56. The van der Waals surface area contributed by atoms with E-state index >= 15 is 0 Å². The molecule has 3 rings (SSSR count). The Morgan fingerprint density at radius 1 is 0.947 bits per heavy atom. The summed E-state index contributed by atoms with van der Waals surface area (Å²) in [6.45, 7) is 8.55. The van der Waals surface area contributed by atoms with E-state index in [-0.39, 0.29) is 0 Å². The average Bonchev–Trinajstić information content (AvgIpc) is 2.87. The molecule has 1 heterocycles. The van der Waals surface area contributed by atoms with Crippen LogP contribution >= 0.6 is 0 Å². The SMILES string of the molecule is CC.CCC(C)c1cccc2[nH]c3ccccc3c12. The molecule has 1 N–H and O–H groups in total. The molecule has 0 spiro atoms. The third-order valence-electron chi connectivity index (χ3n) is 3.71. The van der Waals surface area contributed by atoms with Gasteiger partial charge in [-0.3, -0.25) is 0 Å². The second-order valence-corrected chi connectivity index (χ2v) is 4.75. The van der Waals surface area contributed by atoms with Crippen LogP contribution in [0.15, 0.2) is 42.5 Å². The van der Waals surface area contributed by atoms with Gasteiger partial charge >= 0.3 is 0 Å². The maximum atomic E-state index is 3.50. The van der Waals surface area contributed by atoms with Gasteiger partial charge < -0.3 is 4.98 Å². The summed E-state index contributed by atoms with van der Waals surface area (Å²) in [6, 6.07) is 15.1. The summed E-state index contributed by atoms with van der Waals surface area (Å²) in [7, 11) is 0. The Balaban J connectivity index is 0.000000637. The van der Waals surface area contributed by atoms with Crippen LogP contribution < -0.4 is 0 Å². The van der Waals surface area contributed by atoms with Crippen molar-refractivity contribution < 1.29 is 0 Å². The van der Waals surface area contributed by atoms with E-state index in [2.05, 4.69) is 61.3 Å². The number of para-hydroxylation sites is 1. The highest BCUT2D eigenvalue weighted by Crippen LogP contribution is 2.33. The highest BCUT2D eigenvalue weighted by molar-refractivity contribution is 6.09. The van der Waals surface area contributed by atoms with Gasteiger partial charge in [0.05, 0.1) is 0 Å². The van der Waals surface area contributed by atoms with Gasteiger partial charge in [0.15, 0.2) is 0 Å². The lowest BCUT2D eigenvalue weighted by Crippen LogP contribution is -1.91. The molecule has 0 aliphatic rings. The molecule has 0 fully saturated rings. The third kappa shape index (κ3) is 2.37. The molecule has 1 aromatic heterocycles. The smallest absolute Gasteiger partial charge is 0.0467 e. The van der Waals surface area contributed by atoms with Crippen molar-refractivity contribution in [3.63, 3.8) is 0 Å². The quantitative estimate of drug-likeness (QED) is 0.588. The van der Waals surface area contributed by atoms with Crippen molar-refractivity contribution in [3.8, 4) is 0 Å². The Kier molecular flexibility index (Phi) is 4.26. The number of hydrogen-bond donors (Lipinski definition) is 1. The monoisotopic (exact) mass is 253 g/mol. The molecule has 0 saturated carbocycles. The molecule has 1 unspecified atom stereocenters. The fraction of sp³-hybridized carbons (Fsp3) is 0.333. The molecule has 19 heavy (non-hydrogen) atoms. The predicted octanol–water partition coefficient (Wildman–Crippen LogP) is 5.86. The molecule has 0 amide bonds. The number of H-pyrrole nitrogens is 1. The van der Waals surface area contributed by atoms with Crippen LogP contribution in [0.1, 0.15) is 45.6 Å². The summed E-state index contributed by atoms with van der Waals surface area (Å²) >= 11 is 0. The van der Waals surface area contributed by atoms with Crippen molar-refractivity contribution in [1.29, 1.82) is 0 Å². The van der Waals surface area contributed by atoms with Gasteiger partial charge in [0.25, 0.3) is 0 Å². The number of fused-ring (bicyclic) bond motifs is 3. The summed E-state index contributed by atoms with van der Waals surface area (Å²) in [5.74, 6) is 0.609. The van der Waals surface area contributed by atoms with Crippen LogP contribution in [0, 0.1) is 0 Å². The largest absolute Gasteiger partial charge is 0.355 e. The summed E-state index contributed by atoms with van der Waals surface area (Å²) < 4.78 is 0. The maximum Gasteiger partial charge on any atom is 0.0467 e. The Labute approximate surface area is 115 Å². The number of hydrogen-bond acceptors (Lipinski definition) is 0. The average molecular weight is 253 g/mol. The molecule has 0 aliphatic carbocycles. The number of nitrogens with one attached hydrogen (secondary N) is 1. The lowest BCUT2D eigenvalue weighted by atomic mass is 9.94. The molecule has 0 saturated heterocycles. The van der Waals surface area contributed by atoms with Crippen LogP contribution in [-0.4, -0.2) is 4.98 Å². The van der Waals surface area contributed by atoms with Gasteiger partial charge in [-0.25, -0.2) is 0 Å². The Morgan fingerprint density at radius 2 is 1.63 bits per heavy atom. The second kappa shape index (κ2) is 5.92. The van der Waals surface area contributed by atoms with Crippen molar-refractivity contribution in [2.45, 2.75) is 40.0 Å². The first kappa shape index (κ1) is 13.7. The first-order valence-corrected chi connectivity index (χ1v) is 7.30. The van der Waals surface area contributed by atoms with Crippen molar-refractivity contribution in [2.75, 3.05) is 0 Å². The van der Waals surface area contributed by atoms with E-state index in [0.29, 0.717) is 5.92 Å². The van der Waals surface area contributed by atoms with E-state index in [1.165, 1.54) is 33.8 Å². The maximum absolute atomic E-state index is 3.50. The van der Waals surface area contributed by atoms with Crippen LogP contribution in [0.5, 0.6) is 0 Å². The lowest BCUT2D eigenvalue weighted by molar-refractivity contribution is 0.740. The fourth-order valence-corrected chi connectivity index (χ4v) is 2.56. The van der Waals surface area contributed by atoms with Gasteiger partial charge in [-0.05, 0) is 30.0 Å². The zero-order chi connectivity index (χ0) is 13.8. The van der Waals surface area contributed by atoms with Gasteiger partial charge in [-0.15, -0.1) is 0 Å². The van der Waals surface area contributed by atoms with Crippen LogP contribution in [0.25, 0.3) is 21.8 Å². The topological polar surface area (TPSA) is 15.8 Å². The van der Waals surface area contributed by atoms with Crippen molar-refractivity contribution >= 4 is 21.8 Å². The minimum Gasteiger partial charge on any atom is -0.355 e. The molecule has 1 heteroatoms. The Morgan fingerprint density at radius 3 is 2.37 bits per heavy atom. The molecule has 1 nitrogen and oxygen atoms in total. The zero-order valence-corrected chi connectivity index (χ0v) is 12.3. The summed E-state index contributed by atoms with van der Waals surface area (Å²) in [5, 5.41) is 2.75. The number of aromatic nitrogens is 1. The van der Waals surface area contributed by atoms with E-state index in [9.17, 15) is 0 Å². The van der Waals surface area contributed by atoms with Gasteiger partial charge in [0.1, 0.15) is 0 Å². The highest BCUT2D eigenvalue weighted by atomic mass is 14.7. The van der Waals surface area contributed by atoms with Crippen LogP contribution in [0.4, 0.5) is 0 Å². The normalized spacial score (nSPS) is 12.2. The Hall–Kier alpha value is -1.76. The molecular weight excluding hydrogens is 230 g/mol. The zero-order valence-electron chi connectivity index (χ0n) is 12.3. The van der Waals surface area contributed by atoms with E-state index < -0.39 is 0 Å². The third-order valence-corrected chi connectivity index (χ3v) is 3.71. The van der Waals surface area contributed by atoms with Crippen LogP contribution in [0.2, 0.25) is 0 Å². The van der Waals surface area contributed by atoms with Crippen molar-refractivity contribution in [2.24, 2.45) is 0 Å². The van der Waals surface area contributed by atoms with E-state index in [1.807, 2.05) is 13.8 Å². The number of rotatable bonds is 2. The lowest BCUT2D eigenvalue weighted by Gasteiger charge is -2.10. The first-order chi connectivity index (χ1) is 9.31. The van der Waals surface area contributed by atoms with Crippen LogP contribution in [-0.2, 0) is 0 Å². The molecule has 3 aromatic rings. The molecule has 0 aliphatic heterocycles. The molecule has 0 radical (unpaired) electrons. The first-order valence-electron chi connectivity index (χ1n) is 7.30. The van der Waals surface area contributed by atoms with E-state index in [1.54, 1.807) is 0 Å². The van der Waals surface area contributed by atoms with Gasteiger partial charge in [0, 0.05) is 21.8 Å². The van der Waals surface area contributed by atoms with Crippen LogP contribution in [0.3, 0.4) is 0 Å². The van der Waals surface area contributed by atoms with Crippen molar-refractivity contribution in [3.05, 3.63) is 48.0 Å². The molecule has 0 bridgehead atoms. The molecular formula is C18H23N. The minimum absolute atomic E-state index is 0.609. The van der Waals surface area contributed by atoms with E-state index in [0.717, 1.165) is 0 Å². The summed E-state index contributed by atoms with van der Waals surface area (Å²) in [6.07, 6.45) is 1.18. The Bertz CT molecular complexity index is 664. The molecule has 1 atom stereocenters. The number of aromatic amines is 1. The predicted molar refractivity (Wildman–Crippen MR) is 85.9 cm³/mol.